The summed E-state index contributed by atoms with van der Waals surface area (Å²) in [6, 6.07) is 10.3. The quantitative estimate of drug-likeness (QED) is 0.814. The fraction of sp³-hybridized carbons (Fsp3) is 0.545. The second-order valence-corrected chi connectivity index (χ2v) is 8.00. The van der Waals surface area contributed by atoms with Gasteiger partial charge < -0.3 is 4.90 Å². The van der Waals surface area contributed by atoms with E-state index < -0.39 is 0 Å². The average Bonchev–Trinajstić information content (AvgIpc) is 3.22. The largest absolute Gasteiger partial charge is 0.339 e. The monoisotopic (exact) mass is 366 g/mol. The maximum absolute atomic E-state index is 12.8. The Morgan fingerprint density at radius 1 is 1.00 bits per heavy atom. The van der Waals surface area contributed by atoms with Gasteiger partial charge in [-0.3, -0.25) is 14.4 Å². The van der Waals surface area contributed by atoms with Crippen LogP contribution in [0.4, 0.5) is 0 Å². The summed E-state index contributed by atoms with van der Waals surface area (Å²) >= 11 is 0. The lowest BCUT2D eigenvalue weighted by molar-refractivity contribution is 0.0681. The maximum Gasteiger partial charge on any atom is 0.253 e. The Balaban J connectivity index is 1.28. The van der Waals surface area contributed by atoms with Crippen LogP contribution >= 0.6 is 0 Å². The second-order valence-electron chi connectivity index (χ2n) is 8.00. The lowest BCUT2D eigenvalue weighted by atomic mass is 9.96. The van der Waals surface area contributed by atoms with E-state index in [0.717, 1.165) is 44.6 Å². The van der Waals surface area contributed by atoms with Gasteiger partial charge in [0.25, 0.3) is 5.91 Å². The van der Waals surface area contributed by atoms with Crippen LogP contribution in [-0.2, 0) is 13.1 Å². The van der Waals surface area contributed by atoms with Gasteiger partial charge in [0.15, 0.2) is 0 Å². The molecular formula is C22H30N4O. The van der Waals surface area contributed by atoms with Crippen LogP contribution in [-0.4, -0.2) is 51.7 Å². The first kappa shape index (κ1) is 18.2. The van der Waals surface area contributed by atoms with Crippen molar-refractivity contribution in [1.82, 2.24) is 19.6 Å². The number of carbonyl (C=O) groups is 1. The van der Waals surface area contributed by atoms with Gasteiger partial charge in [0.2, 0.25) is 0 Å². The summed E-state index contributed by atoms with van der Waals surface area (Å²) in [7, 11) is 0. The van der Waals surface area contributed by atoms with Crippen LogP contribution in [0.5, 0.6) is 0 Å². The summed E-state index contributed by atoms with van der Waals surface area (Å²) < 4.78 is 2.00. The van der Waals surface area contributed by atoms with Crippen molar-refractivity contribution in [2.45, 2.75) is 45.2 Å². The van der Waals surface area contributed by atoms with E-state index in [4.69, 9.17) is 0 Å². The molecule has 0 unspecified atom stereocenters. The van der Waals surface area contributed by atoms with Crippen LogP contribution < -0.4 is 0 Å². The van der Waals surface area contributed by atoms with Gasteiger partial charge in [-0.2, -0.15) is 5.10 Å². The first-order valence-electron chi connectivity index (χ1n) is 10.4. The number of carbonyl (C=O) groups excluding carboxylic acids is 1. The highest BCUT2D eigenvalue weighted by molar-refractivity contribution is 5.94. The lowest BCUT2D eigenvalue weighted by Gasteiger charge is -2.32. The Labute approximate surface area is 162 Å². The van der Waals surface area contributed by atoms with E-state index in [0.29, 0.717) is 5.92 Å². The molecule has 2 fully saturated rings. The molecule has 0 N–H and O–H groups in total. The number of hydrogen-bond acceptors (Lipinski definition) is 3. The van der Waals surface area contributed by atoms with E-state index >= 15 is 0 Å². The van der Waals surface area contributed by atoms with Gasteiger partial charge in [0.1, 0.15) is 0 Å². The zero-order chi connectivity index (χ0) is 18.5. The van der Waals surface area contributed by atoms with Gasteiger partial charge in [0, 0.05) is 44.1 Å². The third-order valence-electron chi connectivity index (χ3n) is 5.96. The highest BCUT2D eigenvalue weighted by atomic mass is 16.2. The topological polar surface area (TPSA) is 41.4 Å². The summed E-state index contributed by atoms with van der Waals surface area (Å²) in [5.74, 6) is 0.790. The molecule has 2 aromatic rings. The molecule has 4 rings (SSSR count). The number of hydrogen-bond donors (Lipinski definition) is 0. The highest BCUT2D eigenvalue weighted by Crippen LogP contribution is 2.21. The molecular weight excluding hydrogens is 336 g/mol. The van der Waals surface area contributed by atoms with Gasteiger partial charge >= 0.3 is 0 Å². The molecule has 0 radical (unpaired) electrons. The number of likely N-dealkylation sites (tertiary alicyclic amines) is 2. The zero-order valence-corrected chi connectivity index (χ0v) is 16.1. The zero-order valence-electron chi connectivity index (χ0n) is 16.1. The Bertz CT molecular complexity index is 711. The van der Waals surface area contributed by atoms with E-state index in [2.05, 4.69) is 22.1 Å². The minimum absolute atomic E-state index is 0.178. The van der Waals surface area contributed by atoms with Gasteiger partial charge in [-0.05, 0) is 68.5 Å². The van der Waals surface area contributed by atoms with E-state index in [-0.39, 0.29) is 5.91 Å². The molecule has 3 heterocycles. The molecule has 0 spiro atoms. The van der Waals surface area contributed by atoms with Crippen LogP contribution in [0.1, 0.15) is 48.0 Å². The van der Waals surface area contributed by atoms with Crippen molar-refractivity contribution in [2.24, 2.45) is 5.92 Å². The lowest BCUT2D eigenvalue weighted by Crippen LogP contribution is -2.39. The van der Waals surface area contributed by atoms with Crippen molar-refractivity contribution in [3.63, 3.8) is 0 Å². The normalized spacial score (nSPS) is 19.3. The molecule has 144 valence electrons. The Morgan fingerprint density at radius 3 is 2.41 bits per heavy atom. The Morgan fingerprint density at radius 2 is 1.74 bits per heavy atom. The predicted octanol–water partition coefficient (Wildman–Crippen LogP) is 3.42. The minimum atomic E-state index is 0.178. The summed E-state index contributed by atoms with van der Waals surface area (Å²) in [5.41, 5.74) is 2.13. The van der Waals surface area contributed by atoms with E-state index in [1.165, 1.54) is 37.9 Å². The van der Waals surface area contributed by atoms with Crippen LogP contribution in [0.25, 0.3) is 0 Å². The summed E-state index contributed by atoms with van der Waals surface area (Å²) in [5, 5.41) is 4.29. The van der Waals surface area contributed by atoms with Crippen molar-refractivity contribution in [3.05, 3.63) is 53.9 Å². The number of nitrogens with zero attached hydrogens (tertiary/aromatic N) is 4. The van der Waals surface area contributed by atoms with Crippen molar-refractivity contribution >= 4 is 5.91 Å². The molecule has 1 aromatic heterocycles. The third kappa shape index (κ3) is 4.78. The molecule has 0 atom stereocenters. The van der Waals surface area contributed by atoms with Crippen molar-refractivity contribution in [2.75, 3.05) is 26.2 Å². The first-order chi connectivity index (χ1) is 13.3. The molecule has 5 heteroatoms. The maximum atomic E-state index is 12.8. The second kappa shape index (κ2) is 8.70. The van der Waals surface area contributed by atoms with Gasteiger partial charge in [-0.1, -0.05) is 18.6 Å². The van der Waals surface area contributed by atoms with Crippen LogP contribution in [0, 0.1) is 5.92 Å². The standard InChI is InChI=1S/C22H30N4O/c27-22(25-15-9-20(10-16-25)18-26-14-4-11-23-26)21-7-5-19(6-8-21)17-24-12-2-1-3-13-24/h4-8,11,14,20H,1-3,9-10,12-13,15-18H2. The molecule has 2 saturated heterocycles. The van der Waals surface area contributed by atoms with Crippen molar-refractivity contribution < 1.29 is 4.79 Å². The van der Waals surface area contributed by atoms with Crippen LogP contribution in [0.15, 0.2) is 42.7 Å². The number of benzene rings is 1. The molecule has 2 aliphatic rings. The fourth-order valence-corrected chi connectivity index (χ4v) is 4.30. The SMILES string of the molecule is O=C(c1ccc(CN2CCCCC2)cc1)N1CCC(Cn2cccn2)CC1. The molecule has 0 saturated carbocycles. The molecule has 27 heavy (non-hydrogen) atoms. The van der Waals surface area contributed by atoms with Crippen molar-refractivity contribution in [3.8, 4) is 0 Å². The summed E-state index contributed by atoms with van der Waals surface area (Å²) in [6.07, 6.45) is 9.94. The van der Waals surface area contributed by atoms with E-state index in [9.17, 15) is 4.79 Å². The molecule has 1 aromatic carbocycles. The number of rotatable bonds is 5. The number of piperidine rings is 2. The van der Waals surface area contributed by atoms with Gasteiger partial charge in [-0.25, -0.2) is 0 Å². The van der Waals surface area contributed by atoms with E-state index in [1.807, 2.05) is 40.2 Å². The highest BCUT2D eigenvalue weighted by Gasteiger charge is 2.24. The molecule has 1 amide bonds. The summed E-state index contributed by atoms with van der Waals surface area (Å²) in [4.78, 5) is 17.4. The molecule has 2 aliphatic heterocycles. The third-order valence-corrected chi connectivity index (χ3v) is 5.96. The molecule has 5 nitrogen and oxygen atoms in total. The fourth-order valence-electron chi connectivity index (χ4n) is 4.30. The molecule has 0 bridgehead atoms. The van der Waals surface area contributed by atoms with Crippen LogP contribution in [0.3, 0.4) is 0 Å². The van der Waals surface area contributed by atoms with Gasteiger partial charge in [-0.15, -0.1) is 0 Å². The van der Waals surface area contributed by atoms with Gasteiger partial charge in [0.05, 0.1) is 0 Å². The predicted molar refractivity (Wildman–Crippen MR) is 106 cm³/mol. The summed E-state index contributed by atoms with van der Waals surface area (Å²) in [6.45, 7) is 6.07. The van der Waals surface area contributed by atoms with Crippen molar-refractivity contribution in [1.29, 1.82) is 0 Å². The average molecular weight is 367 g/mol. The molecule has 0 aliphatic carbocycles. The Hall–Kier alpha value is -2.14. The van der Waals surface area contributed by atoms with Crippen LogP contribution in [0.2, 0.25) is 0 Å². The number of aromatic nitrogens is 2. The minimum Gasteiger partial charge on any atom is -0.339 e. The first-order valence-corrected chi connectivity index (χ1v) is 10.4. The van der Waals surface area contributed by atoms with E-state index in [1.54, 1.807) is 0 Å². The Kier molecular flexibility index (Phi) is 5.87. The smallest absolute Gasteiger partial charge is 0.253 e. The number of amides is 1.